The van der Waals surface area contributed by atoms with E-state index in [0.29, 0.717) is 32.3 Å². The number of amides is 1. The molecular formula is C12H22N2O3. The molecule has 2 unspecified atom stereocenters. The SMILES string of the molecule is CC1NCCCC1OCC(=O)N1CCOCC1. The smallest absolute Gasteiger partial charge is 0.248 e. The Morgan fingerprint density at radius 3 is 2.94 bits per heavy atom. The molecular weight excluding hydrogens is 220 g/mol. The number of carbonyl (C=O) groups is 1. The van der Waals surface area contributed by atoms with E-state index in [-0.39, 0.29) is 18.6 Å². The molecule has 0 radical (unpaired) electrons. The largest absolute Gasteiger partial charge is 0.378 e. The fourth-order valence-corrected chi connectivity index (χ4v) is 2.32. The van der Waals surface area contributed by atoms with Crippen LogP contribution >= 0.6 is 0 Å². The van der Waals surface area contributed by atoms with Crippen molar-refractivity contribution >= 4 is 5.91 Å². The predicted octanol–water partition coefficient (Wildman–Crippen LogP) is 0.00230. The summed E-state index contributed by atoms with van der Waals surface area (Å²) < 4.78 is 10.9. The summed E-state index contributed by atoms with van der Waals surface area (Å²) in [5.41, 5.74) is 0. The Kier molecular flexibility index (Phi) is 4.76. The fourth-order valence-electron chi connectivity index (χ4n) is 2.32. The van der Waals surface area contributed by atoms with Crippen molar-refractivity contribution in [1.29, 1.82) is 0 Å². The monoisotopic (exact) mass is 242 g/mol. The highest BCUT2D eigenvalue weighted by Gasteiger charge is 2.24. The van der Waals surface area contributed by atoms with E-state index < -0.39 is 0 Å². The summed E-state index contributed by atoms with van der Waals surface area (Å²) in [6.07, 6.45) is 2.35. The second-order valence-electron chi connectivity index (χ2n) is 4.73. The van der Waals surface area contributed by atoms with Gasteiger partial charge in [-0.3, -0.25) is 4.79 Å². The predicted molar refractivity (Wildman–Crippen MR) is 63.8 cm³/mol. The van der Waals surface area contributed by atoms with Crippen LogP contribution in [0, 0.1) is 0 Å². The molecule has 98 valence electrons. The second-order valence-corrected chi connectivity index (χ2v) is 4.73. The first-order valence-corrected chi connectivity index (χ1v) is 6.48. The van der Waals surface area contributed by atoms with Crippen LogP contribution in [-0.2, 0) is 14.3 Å². The van der Waals surface area contributed by atoms with E-state index in [2.05, 4.69) is 12.2 Å². The minimum atomic E-state index is 0.0890. The maximum atomic E-state index is 11.9. The summed E-state index contributed by atoms with van der Waals surface area (Å²) in [4.78, 5) is 13.7. The van der Waals surface area contributed by atoms with E-state index in [9.17, 15) is 4.79 Å². The average Bonchev–Trinajstić information content (AvgIpc) is 2.38. The molecule has 0 spiro atoms. The summed E-state index contributed by atoms with van der Waals surface area (Å²) in [7, 11) is 0. The van der Waals surface area contributed by atoms with E-state index in [1.807, 2.05) is 4.90 Å². The van der Waals surface area contributed by atoms with Crippen LogP contribution in [0.15, 0.2) is 0 Å². The van der Waals surface area contributed by atoms with E-state index in [0.717, 1.165) is 19.4 Å². The van der Waals surface area contributed by atoms with Gasteiger partial charge in [-0.15, -0.1) is 0 Å². The first kappa shape index (κ1) is 12.8. The third kappa shape index (κ3) is 3.66. The Morgan fingerprint density at radius 2 is 2.24 bits per heavy atom. The fraction of sp³-hybridized carbons (Fsp3) is 0.917. The van der Waals surface area contributed by atoms with Crippen molar-refractivity contribution in [1.82, 2.24) is 10.2 Å². The van der Waals surface area contributed by atoms with Crippen molar-refractivity contribution in [2.45, 2.75) is 31.9 Å². The Bertz CT molecular complexity index is 254. The molecule has 2 atom stereocenters. The average molecular weight is 242 g/mol. The number of hydrogen-bond donors (Lipinski definition) is 1. The minimum Gasteiger partial charge on any atom is -0.378 e. The molecule has 0 aliphatic carbocycles. The third-order valence-corrected chi connectivity index (χ3v) is 3.47. The molecule has 0 aromatic carbocycles. The van der Waals surface area contributed by atoms with Gasteiger partial charge in [0.1, 0.15) is 6.61 Å². The molecule has 2 saturated heterocycles. The molecule has 2 heterocycles. The van der Waals surface area contributed by atoms with Gasteiger partial charge in [0.05, 0.1) is 19.3 Å². The molecule has 2 aliphatic heterocycles. The highest BCUT2D eigenvalue weighted by atomic mass is 16.5. The number of morpholine rings is 1. The van der Waals surface area contributed by atoms with Crippen LogP contribution in [0.1, 0.15) is 19.8 Å². The molecule has 17 heavy (non-hydrogen) atoms. The molecule has 2 rings (SSSR count). The van der Waals surface area contributed by atoms with Crippen LogP contribution in [0.4, 0.5) is 0 Å². The van der Waals surface area contributed by atoms with Gasteiger partial charge in [-0.2, -0.15) is 0 Å². The zero-order valence-electron chi connectivity index (χ0n) is 10.5. The molecule has 0 saturated carbocycles. The molecule has 2 fully saturated rings. The van der Waals surface area contributed by atoms with Crippen LogP contribution in [0.3, 0.4) is 0 Å². The van der Waals surface area contributed by atoms with Gasteiger partial charge in [0.2, 0.25) is 5.91 Å². The van der Waals surface area contributed by atoms with Crippen molar-refractivity contribution in [2.24, 2.45) is 0 Å². The Balaban J connectivity index is 1.71. The number of carbonyl (C=O) groups excluding carboxylic acids is 1. The lowest BCUT2D eigenvalue weighted by Crippen LogP contribution is -2.47. The lowest BCUT2D eigenvalue weighted by atomic mass is 10.0. The minimum absolute atomic E-state index is 0.0890. The van der Waals surface area contributed by atoms with Crippen molar-refractivity contribution in [3.05, 3.63) is 0 Å². The maximum Gasteiger partial charge on any atom is 0.248 e. The van der Waals surface area contributed by atoms with Crippen LogP contribution in [-0.4, -0.2) is 62.4 Å². The summed E-state index contributed by atoms with van der Waals surface area (Å²) in [6, 6.07) is 0.348. The lowest BCUT2D eigenvalue weighted by Gasteiger charge is -2.31. The zero-order chi connectivity index (χ0) is 12.1. The van der Waals surface area contributed by atoms with Crippen molar-refractivity contribution in [3.63, 3.8) is 0 Å². The van der Waals surface area contributed by atoms with Crippen LogP contribution < -0.4 is 5.32 Å². The third-order valence-electron chi connectivity index (χ3n) is 3.47. The van der Waals surface area contributed by atoms with Gasteiger partial charge in [0.25, 0.3) is 0 Å². The van der Waals surface area contributed by atoms with Crippen molar-refractivity contribution in [2.75, 3.05) is 39.5 Å². The number of ether oxygens (including phenoxy) is 2. The quantitative estimate of drug-likeness (QED) is 0.757. The van der Waals surface area contributed by atoms with Gasteiger partial charge in [0, 0.05) is 19.1 Å². The van der Waals surface area contributed by atoms with Gasteiger partial charge in [-0.05, 0) is 26.3 Å². The zero-order valence-corrected chi connectivity index (χ0v) is 10.5. The van der Waals surface area contributed by atoms with Gasteiger partial charge in [-0.1, -0.05) is 0 Å². The van der Waals surface area contributed by atoms with Gasteiger partial charge >= 0.3 is 0 Å². The highest BCUT2D eigenvalue weighted by molar-refractivity contribution is 5.77. The molecule has 0 bridgehead atoms. The van der Waals surface area contributed by atoms with E-state index >= 15 is 0 Å². The standard InChI is InChI=1S/C12H22N2O3/c1-10-11(3-2-4-13-10)17-9-12(15)14-5-7-16-8-6-14/h10-11,13H,2-9H2,1H3. The maximum absolute atomic E-state index is 11.9. The molecule has 0 aromatic heterocycles. The van der Waals surface area contributed by atoms with Crippen LogP contribution in [0.2, 0.25) is 0 Å². The summed E-state index contributed by atoms with van der Waals surface area (Å²) >= 11 is 0. The van der Waals surface area contributed by atoms with Crippen LogP contribution in [0.5, 0.6) is 0 Å². The number of piperidine rings is 1. The lowest BCUT2D eigenvalue weighted by molar-refractivity contribution is -0.143. The highest BCUT2D eigenvalue weighted by Crippen LogP contribution is 2.12. The van der Waals surface area contributed by atoms with Gasteiger partial charge in [-0.25, -0.2) is 0 Å². The molecule has 2 aliphatic rings. The summed E-state index contributed by atoms with van der Waals surface area (Å²) in [5, 5.41) is 3.37. The Hall–Kier alpha value is -0.650. The van der Waals surface area contributed by atoms with Gasteiger partial charge in [0.15, 0.2) is 0 Å². The van der Waals surface area contributed by atoms with Crippen molar-refractivity contribution < 1.29 is 14.3 Å². The number of nitrogens with zero attached hydrogens (tertiary/aromatic N) is 1. The first-order valence-electron chi connectivity index (χ1n) is 6.48. The summed E-state index contributed by atoms with van der Waals surface area (Å²) in [6.45, 7) is 6.06. The van der Waals surface area contributed by atoms with E-state index in [4.69, 9.17) is 9.47 Å². The van der Waals surface area contributed by atoms with Gasteiger partial charge < -0.3 is 19.7 Å². The first-order chi connectivity index (χ1) is 8.27. The van der Waals surface area contributed by atoms with Crippen LogP contribution in [0.25, 0.3) is 0 Å². The Labute approximate surface area is 102 Å². The number of nitrogens with one attached hydrogen (secondary N) is 1. The van der Waals surface area contributed by atoms with E-state index in [1.165, 1.54) is 0 Å². The van der Waals surface area contributed by atoms with Crippen molar-refractivity contribution in [3.8, 4) is 0 Å². The molecule has 5 nitrogen and oxygen atoms in total. The normalized spacial score (nSPS) is 30.3. The second kappa shape index (κ2) is 6.33. The molecule has 5 heteroatoms. The summed E-state index contributed by atoms with van der Waals surface area (Å²) in [5.74, 6) is 0.0890. The number of rotatable bonds is 3. The molecule has 1 N–H and O–H groups in total. The molecule has 0 aromatic rings. The number of hydrogen-bond acceptors (Lipinski definition) is 4. The topological polar surface area (TPSA) is 50.8 Å². The van der Waals surface area contributed by atoms with E-state index in [1.54, 1.807) is 0 Å². The molecule has 1 amide bonds. The Morgan fingerprint density at radius 1 is 1.47 bits per heavy atom.